The van der Waals surface area contributed by atoms with Crippen LogP contribution in [0.2, 0.25) is 0 Å². The fourth-order valence-electron chi connectivity index (χ4n) is 4.38. The molecule has 0 saturated heterocycles. The molecule has 0 aliphatic heterocycles. The van der Waals surface area contributed by atoms with Crippen molar-refractivity contribution in [1.29, 1.82) is 0 Å². The number of carbonyl (C=O) groups is 1. The van der Waals surface area contributed by atoms with E-state index in [1.165, 1.54) is 0 Å². The number of hydrogen-bond donors (Lipinski definition) is 3. The summed E-state index contributed by atoms with van der Waals surface area (Å²) in [7, 11) is -3.66. The predicted octanol–water partition coefficient (Wildman–Crippen LogP) is 4.44. The van der Waals surface area contributed by atoms with Crippen LogP contribution >= 0.6 is 0 Å². The Bertz CT molecular complexity index is 1420. The molecule has 1 aliphatic carbocycles. The van der Waals surface area contributed by atoms with Crippen molar-refractivity contribution in [3.8, 4) is 22.3 Å². The first-order chi connectivity index (χ1) is 15.4. The van der Waals surface area contributed by atoms with Gasteiger partial charge in [-0.2, -0.15) is 0 Å². The maximum absolute atomic E-state index is 12.2. The number of fused-ring (bicyclic) bond motifs is 3. The number of amides is 1. The van der Waals surface area contributed by atoms with Gasteiger partial charge in [0.1, 0.15) is 0 Å². The summed E-state index contributed by atoms with van der Waals surface area (Å²) >= 11 is 0. The molecule has 0 fully saturated rings. The van der Waals surface area contributed by atoms with Crippen molar-refractivity contribution in [3.05, 3.63) is 88.3 Å². The molecule has 3 aromatic carbocycles. The Labute approximate surface area is 193 Å². The summed E-state index contributed by atoms with van der Waals surface area (Å²) in [5, 5.41) is 11.3. The van der Waals surface area contributed by atoms with E-state index in [-0.39, 0.29) is 0 Å². The van der Waals surface area contributed by atoms with Gasteiger partial charge in [-0.1, -0.05) is 43.0 Å². The van der Waals surface area contributed by atoms with Crippen molar-refractivity contribution in [2.24, 2.45) is 5.73 Å². The molecular weight excluding hydrogens is 436 g/mol. The number of carbonyl (C=O) groups excluding carboxylic acids is 1. The minimum Gasteiger partial charge on any atom is -0.386 e. The van der Waals surface area contributed by atoms with Gasteiger partial charge in [-0.05, 0) is 83.8 Å². The number of anilines is 1. The van der Waals surface area contributed by atoms with E-state index < -0.39 is 21.5 Å². The Kier molecular flexibility index (Phi) is 5.42. The Balaban J connectivity index is 1.95. The first-order valence-corrected chi connectivity index (χ1v) is 12.0. The molecule has 3 aromatic rings. The molecule has 0 heterocycles. The molecule has 170 valence electrons. The number of sulfonamides is 1. The fourth-order valence-corrected chi connectivity index (χ4v) is 4.99. The van der Waals surface area contributed by atoms with Crippen LogP contribution in [0.15, 0.2) is 60.5 Å². The van der Waals surface area contributed by atoms with Gasteiger partial charge in [-0.25, -0.2) is 8.42 Å². The zero-order valence-electron chi connectivity index (χ0n) is 18.8. The van der Waals surface area contributed by atoms with E-state index in [2.05, 4.69) is 11.3 Å². The average molecular weight is 463 g/mol. The number of benzene rings is 3. The summed E-state index contributed by atoms with van der Waals surface area (Å²) in [6.07, 6.45) is 0.516. The van der Waals surface area contributed by atoms with Gasteiger partial charge in [0.15, 0.2) is 0 Å². The van der Waals surface area contributed by atoms with Crippen LogP contribution in [-0.4, -0.2) is 19.4 Å². The monoisotopic (exact) mass is 462 g/mol. The predicted molar refractivity (Wildman–Crippen MR) is 131 cm³/mol. The molecule has 0 aromatic heterocycles. The van der Waals surface area contributed by atoms with Crippen molar-refractivity contribution in [2.45, 2.75) is 32.8 Å². The standard InChI is InChI=1S/C26H26N2O4S/c1-5-33(31,32)28-23-8-6-7-18(15(23)2)20-11-12-21(25(27)29)22-14-16-13-17(26(3,4)30)9-10-19(16)24(20)22/h5-13,28,30H,1,14H2,2-4H3,(H2,27,29). The van der Waals surface area contributed by atoms with Gasteiger partial charge >= 0.3 is 0 Å². The minimum absolute atomic E-state index is 0.454. The van der Waals surface area contributed by atoms with Crippen LogP contribution in [0.5, 0.6) is 0 Å². The summed E-state index contributed by atoms with van der Waals surface area (Å²) in [5.74, 6) is -0.502. The molecule has 0 saturated carbocycles. The van der Waals surface area contributed by atoms with Crippen LogP contribution in [0.4, 0.5) is 5.69 Å². The first kappa shape index (κ1) is 22.8. The van der Waals surface area contributed by atoms with Crippen molar-refractivity contribution in [3.63, 3.8) is 0 Å². The van der Waals surface area contributed by atoms with E-state index in [9.17, 15) is 18.3 Å². The Hall–Kier alpha value is -3.42. The lowest BCUT2D eigenvalue weighted by atomic mass is 9.88. The molecule has 1 amide bonds. The zero-order chi connectivity index (χ0) is 24.1. The Morgan fingerprint density at radius 2 is 1.82 bits per heavy atom. The van der Waals surface area contributed by atoms with E-state index >= 15 is 0 Å². The lowest BCUT2D eigenvalue weighted by molar-refractivity contribution is 0.0785. The highest BCUT2D eigenvalue weighted by molar-refractivity contribution is 7.95. The van der Waals surface area contributed by atoms with Gasteiger partial charge in [0.25, 0.3) is 10.0 Å². The topological polar surface area (TPSA) is 109 Å². The van der Waals surface area contributed by atoms with Crippen LogP contribution in [0.25, 0.3) is 22.3 Å². The van der Waals surface area contributed by atoms with E-state index in [1.807, 2.05) is 37.3 Å². The van der Waals surface area contributed by atoms with Crippen molar-refractivity contribution < 1.29 is 18.3 Å². The quantitative estimate of drug-likeness (QED) is 0.393. The molecule has 0 bridgehead atoms. The Morgan fingerprint density at radius 3 is 2.45 bits per heavy atom. The number of rotatable bonds is 6. The third-order valence-electron chi connectivity index (χ3n) is 6.12. The van der Waals surface area contributed by atoms with E-state index in [4.69, 9.17) is 5.73 Å². The minimum atomic E-state index is -3.66. The van der Waals surface area contributed by atoms with Crippen LogP contribution < -0.4 is 10.5 Å². The molecule has 0 unspecified atom stereocenters. The van der Waals surface area contributed by atoms with Crippen LogP contribution in [0.1, 0.15) is 46.5 Å². The summed E-state index contributed by atoms with van der Waals surface area (Å²) in [5.41, 5.74) is 12.5. The van der Waals surface area contributed by atoms with E-state index in [0.29, 0.717) is 17.7 Å². The van der Waals surface area contributed by atoms with Crippen molar-refractivity contribution in [2.75, 3.05) is 4.72 Å². The number of primary amides is 1. The third-order valence-corrected chi connectivity index (χ3v) is 7.07. The largest absolute Gasteiger partial charge is 0.386 e. The SMILES string of the molecule is C=CS(=O)(=O)Nc1cccc(-c2ccc(C(N)=O)c3c2-c2ccc(C(C)(C)O)cc2C3)c1C. The number of aliphatic hydroxyl groups is 1. The number of nitrogens with two attached hydrogens (primary N) is 1. The number of nitrogens with one attached hydrogen (secondary N) is 1. The second-order valence-corrected chi connectivity index (χ2v) is 10.4. The molecule has 4 rings (SSSR count). The van der Waals surface area contributed by atoms with Gasteiger partial charge in [0.05, 0.1) is 11.3 Å². The highest BCUT2D eigenvalue weighted by Gasteiger charge is 2.29. The van der Waals surface area contributed by atoms with Gasteiger partial charge < -0.3 is 10.8 Å². The average Bonchev–Trinajstić information content (AvgIpc) is 3.12. The van der Waals surface area contributed by atoms with Gasteiger partial charge in [-0.3, -0.25) is 9.52 Å². The maximum atomic E-state index is 12.2. The van der Waals surface area contributed by atoms with Crippen LogP contribution in [-0.2, 0) is 22.0 Å². The maximum Gasteiger partial charge on any atom is 0.254 e. The van der Waals surface area contributed by atoms with Crippen LogP contribution in [0.3, 0.4) is 0 Å². The third kappa shape index (κ3) is 4.05. The summed E-state index contributed by atoms with van der Waals surface area (Å²) in [6.45, 7) is 8.66. The van der Waals surface area contributed by atoms with Gasteiger partial charge in [0.2, 0.25) is 5.91 Å². The second kappa shape index (κ2) is 7.86. The smallest absolute Gasteiger partial charge is 0.254 e. The molecule has 0 atom stereocenters. The van der Waals surface area contributed by atoms with Gasteiger partial charge in [-0.15, -0.1) is 0 Å². The summed E-state index contributed by atoms with van der Waals surface area (Å²) in [4.78, 5) is 12.2. The molecule has 4 N–H and O–H groups in total. The Morgan fingerprint density at radius 1 is 1.12 bits per heavy atom. The molecule has 1 aliphatic rings. The van der Waals surface area contributed by atoms with Crippen molar-refractivity contribution >= 4 is 21.6 Å². The van der Waals surface area contributed by atoms with Crippen LogP contribution in [0, 0.1) is 6.92 Å². The van der Waals surface area contributed by atoms with E-state index in [1.54, 1.807) is 32.0 Å². The molecule has 7 heteroatoms. The molecule has 0 spiro atoms. The van der Waals surface area contributed by atoms with Crippen molar-refractivity contribution in [1.82, 2.24) is 0 Å². The molecular formula is C26H26N2O4S. The fraction of sp³-hybridized carbons (Fsp3) is 0.192. The first-order valence-electron chi connectivity index (χ1n) is 10.5. The normalized spacial score (nSPS) is 12.7. The van der Waals surface area contributed by atoms with E-state index in [0.717, 1.165) is 49.9 Å². The highest BCUT2D eigenvalue weighted by Crippen LogP contribution is 2.46. The second-order valence-electron chi connectivity index (χ2n) is 8.78. The molecule has 0 radical (unpaired) electrons. The molecule has 6 nitrogen and oxygen atoms in total. The molecule has 33 heavy (non-hydrogen) atoms. The highest BCUT2D eigenvalue weighted by atomic mass is 32.2. The number of hydrogen-bond acceptors (Lipinski definition) is 4. The summed E-state index contributed by atoms with van der Waals surface area (Å²) in [6, 6.07) is 14.8. The summed E-state index contributed by atoms with van der Waals surface area (Å²) < 4.78 is 26.6. The zero-order valence-corrected chi connectivity index (χ0v) is 19.6. The van der Waals surface area contributed by atoms with Gasteiger partial charge in [0, 0.05) is 11.0 Å². The lowest BCUT2D eigenvalue weighted by Crippen LogP contribution is -2.15. The lowest BCUT2D eigenvalue weighted by Gasteiger charge is -2.19.